The Bertz CT molecular complexity index is 489. The highest BCUT2D eigenvalue weighted by atomic mass is 35.5. The minimum Gasteiger partial charge on any atom is -0.351 e. The van der Waals surface area contributed by atoms with Crippen molar-refractivity contribution in [3.63, 3.8) is 0 Å². The molecular formula is C16H24ClN3. The molecule has 0 saturated heterocycles. The zero-order chi connectivity index (χ0) is 14.1. The highest BCUT2D eigenvalue weighted by Crippen LogP contribution is 2.32. The molecule has 3 atom stereocenters. The fourth-order valence-corrected chi connectivity index (χ4v) is 3.85. The first-order valence-electron chi connectivity index (χ1n) is 7.97. The van der Waals surface area contributed by atoms with Crippen LogP contribution in [0.5, 0.6) is 0 Å². The number of aromatic nitrogens is 2. The predicted molar refractivity (Wildman–Crippen MR) is 83.3 cm³/mol. The molecule has 20 heavy (non-hydrogen) atoms. The van der Waals surface area contributed by atoms with E-state index < -0.39 is 0 Å². The van der Waals surface area contributed by atoms with E-state index in [4.69, 9.17) is 16.6 Å². The number of hydrogen-bond acceptors (Lipinski definition) is 3. The van der Waals surface area contributed by atoms with E-state index in [1.807, 2.05) is 0 Å². The van der Waals surface area contributed by atoms with Gasteiger partial charge in [-0.05, 0) is 43.9 Å². The Labute approximate surface area is 126 Å². The lowest BCUT2D eigenvalue weighted by atomic mass is 9.78. The van der Waals surface area contributed by atoms with E-state index in [1.54, 1.807) is 0 Å². The second-order valence-corrected chi connectivity index (χ2v) is 6.85. The van der Waals surface area contributed by atoms with Gasteiger partial charge in [-0.25, -0.2) is 9.97 Å². The standard InChI is InChI=1S/C16H24ClN3/c1-10-6-5-9-13(11(10)2)18-16-19-14-8-4-3-7-12(14)15(17)20-16/h10-11,13H,3-9H2,1-2H3,(H,18,19,20). The first-order chi connectivity index (χ1) is 9.65. The number of hydrogen-bond donors (Lipinski definition) is 1. The normalized spacial score (nSPS) is 29.9. The van der Waals surface area contributed by atoms with Crippen LogP contribution in [0.25, 0.3) is 0 Å². The quantitative estimate of drug-likeness (QED) is 0.829. The molecule has 1 N–H and O–H groups in total. The van der Waals surface area contributed by atoms with Crippen LogP contribution in [-0.4, -0.2) is 16.0 Å². The molecule has 110 valence electrons. The molecule has 0 aromatic carbocycles. The summed E-state index contributed by atoms with van der Waals surface area (Å²) in [4.78, 5) is 9.20. The van der Waals surface area contributed by atoms with Gasteiger partial charge in [0.25, 0.3) is 0 Å². The average Bonchev–Trinajstić information content (AvgIpc) is 2.44. The number of halogens is 1. The van der Waals surface area contributed by atoms with Crippen molar-refractivity contribution in [1.29, 1.82) is 0 Å². The maximum absolute atomic E-state index is 6.34. The Kier molecular flexibility index (Phi) is 4.16. The molecule has 2 aliphatic rings. The van der Waals surface area contributed by atoms with Gasteiger partial charge in [0.05, 0.1) is 5.69 Å². The molecule has 1 aromatic rings. The number of aryl methyl sites for hydroxylation is 1. The Hall–Kier alpha value is -0.830. The summed E-state index contributed by atoms with van der Waals surface area (Å²) in [6, 6.07) is 0.483. The zero-order valence-corrected chi connectivity index (χ0v) is 13.2. The van der Waals surface area contributed by atoms with Crippen molar-refractivity contribution in [3.8, 4) is 0 Å². The van der Waals surface area contributed by atoms with Crippen molar-refractivity contribution in [1.82, 2.24) is 9.97 Å². The maximum atomic E-state index is 6.34. The first-order valence-corrected chi connectivity index (χ1v) is 8.35. The van der Waals surface area contributed by atoms with Gasteiger partial charge in [-0.3, -0.25) is 0 Å². The van der Waals surface area contributed by atoms with Crippen LogP contribution in [0, 0.1) is 11.8 Å². The molecule has 3 unspecified atom stereocenters. The smallest absolute Gasteiger partial charge is 0.224 e. The van der Waals surface area contributed by atoms with Crippen molar-refractivity contribution in [2.24, 2.45) is 11.8 Å². The Balaban J connectivity index is 1.79. The molecule has 1 heterocycles. The van der Waals surface area contributed by atoms with Crippen LogP contribution < -0.4 is 5.32 Å². The third-order valence-corrected chi connectivity index (χ3v) is 5.47. The summed E-state index contributed by atoms with van der Waals surface area (Å²) >= 11 is 6.34. The monoisotopic (exact) mass is 293 g/mol. The summed E-state index contributed by atoms with van der Waals surface area (Å²) in [5, 5.41) is 4.21. The van der Waals surface area contributed by atoms with E-state index in [9.17, 15) is 0 Å². The number of anilines is 1. The van der Waals surface area contributed by atoms with Crippen molar-refractivity contribution in [2.75, 3.05) is 5.32 Å². The molecule has 0 bridgehead atoms. The highest BCUT2D eigenvalue weighted by molar-refractivity contribution is 6.30. The first kappa shape index (κ1) is 14.1. The fourth-order valence-electron chi connectivity index (χ4n) is 3.56. The van der Waals surface area contributed by atoms with Gasteiger partial charge >= 0.3 is 0 Å². The van der Waals surface area contributed by atoms with E-state index in [0.717, 1.165) is 30.4 Å². The van der Waals surface area contributed by atoms with Crippen LogP contribution in [0.15, 0.2) is 0 Å². The summed E-state index contributed by atoms with van der Waals surface area (Å²) < 4.78 is 0. The number of nitrogens with one attached hydrogen (secondary N) is 1. The molecule has 1 fully saturated rings. The number of rotatable bonds is 2. The van der Waals surface area contributed by atoms with Crippen molar-refractivity contribution in [2.45, 2.75) is 64.8 Å². The van der Waals surface area contributed by atoms with Crippen molar-refractivity contribution in [3.05, 3.63) is 16.4 Å². The summed E-state index contributed by atoms with van der Waals surface area (Å²) in [5.41, 5.74) is 2.34. The van der Waals surface area contributed by atoms with E-state index in [2.05, 4.69) is 24.1 Å². The topological polar surface area (TPSA) is 37.8 Å². The highest BCUT2D eigenvalue weighted by Gasteiger charge is 2.28. The van der Waals surface area contributed by atoms with Crippen LogP contribution in [0.3, 0.4) is 0 Å². The van der Waals surface area contributed by atoms with Gasteiger partial charge in [0.1, 0.15) is 5.15 Å². The summed E-state index contributed by atoms with van der Waals surface area (Å²) in [6.45, 7) is 4.68. The van der Waals surface area contributed by atoms with Gasteiger partial charge in [-0.15, -0.1) is 0 Å². The summed E-state index contributed by atoms with van der Waals surface area (Å²) in [5.74, 6) is 2.18. The lowest BCUT2D eigenvalue weighted by Gasteiger charge is -2.34. The minimum atomic E-state index is 0.483. The predicted octanol–water partition coefficient (Wildman–Crippen LogP) is 4.25. The molecule has 0 aliphatic heterocycles. The zero-order valence-electron chi connectivity index (χ0n) is 12.5. The molecule has 3 nitrogen and oxygen atoms in total. The molecule has 1 saturated carbocycles. The average molecular weight is 294 g/mol. The second-order valence-electron chi connectivity index (χ2n) is 6.49. The lowest BCUT2D eigenvalue weighted by molar-refractivity contribution is 0.252. The summed E-state index contributed by atoms with van der Waals surface area (Å²) in [6.07, 6.45) is 8.35. The Morgan fingerprint density at radius 2 is 1.85 bits per heavy atom. The van der Waals surface area contributed by atoms with Crippen LogP contribution in [0.4, 0.5) is 5.95 Å². The lowest BCUT2D eigenvalue weighted by Crippen LogP contribution is -2.35. The van der Waals surface area contributed by atoms with Crippen LogP contribution in [-0.2, 0) is 12.8 Å². The van der Waals surface area contributed by atoms with Gasteiger partial charge in [0.15, 0.2) is 0 Å². The van der Waals surface area contributed by atoms with E-state index in [0.29, 0.717) is 17.1 Å². The van der Waals surface area contributed by atoms with E-state index >= 15 is 0 Å². The summed E-state index contributed by atoms with van der Waals surface area (Å²) in [7, 11) is 0. The van der Waals surface area contributed by atoms with Crippen molar-refractivity contribution < 1.29 is 0 Å². The maximum Gasteiger partial charge on any atom is 0.224 e. The molecule has 4 heteroatoms. The molecule has 0 amide bonds. The van der Waals surface area contributed by atoms with Crippen LogP contribution in [0.1, 0.15) is 57.2 Å². The number of nitrogens with zero attached hydrogens (tertiary/aromatic N) is 2. The second kappa shape index (κ2) is 5.88. The van der Waals surface area contributed by atoms with Crippen LogP contribution in [0.2, 0.25) is 5.15 Å². The van der Waals surface area contributed by atoms with Gasteiger partial charge in [-0.2, -0.15) is 0 Å². The molecule has 0 radical (unpaired) electrons. The van der Waals surface area contributed by atoms with E-state index in [-0.39, 0.29) is 0 Å². The molecule has 2 aliphatic carbocycles. The Morgan fingerprint density at radius 3 is 2.70 bits per heavy atom. The third kappa shape index (κ3) is 2.78. The molecule has 3 rings (SSSR count). The van der Waals surface area contributed by atoms with Crippen LogP contribution >= 0.6 is 11.6 Å². The Morgan fingerprint density at radius 1 is 1.05 bits per heavy atom. The van der Waals surface area contributed by atoms with E-state index in [1.165, 1.54) is 37.7 Å². The minimum absolute atomic E-state index is 0.483. The molecular weight excluding hydrogens is 270 g/mol. The largest absolute Gasteiger partial charge is 0.351 e. The van der Waals surface area contributed by atoms with Gasteiger partial charge in [-0.1, -0.05) is 38.3 Å². The fraction of sp³-hybridized carbons (Fsp3) is 0.750. The number of fused-ring (bicyclic) bond motifs is 1. The van der Waals surface area contributed by atoms with Crippen molar-refractivity contribution >= 4 is 17.5 Å². The molecule has 0 spiro atoms. The van der Waals surface area contributed by atoms with Gasteiger partial charge < -0.3 is 5.32 Å². The van der Waals surface area contributed by atoms with Gasteiger partial charge in [0.2, 0.25) is 5.95 Å². The third-order valence-electron chi connectivity index (χ3n) is 5.15. The van der Waals surface area contributed by atoms with Gasteiger partial charge in [0, 0.05) is 11.6 Å². The molecule has 1 aromatic heterocycles. The SMILES string of the molecule is CC1CCCC(Nc2nc(Cl)c3c(n2)CCCC3)C1C.